The standard InChI is InChI=1S/C25H33N5O6/c1-4-15(2)22(25(34)27-18-10-12-19(13-11-18)30(35)36)29-23(32)20(14-17-8-6-5-7-9-17)28-24(33)21(26)16(3)31/h5-13,15-16,20-22,31H,4,14,26H2,1-3H3,(H,27,34)(H,28,33)(H,29,32)/t15-,16+,20-,21-,22-/m0/s1. The minimum atomic E-state index is -1.23. The quantitative estimate of drug-likeness (QED) is 0.217. The molecule has 2 aromatic carbocycles. The van der Waals surface area contributed by atoms with E-state index in [4.69, 9.17) is 5.73 Å². The lowest BCUT2D eigenvalue weighted by molar-refractivity contribution is -0.384. The first-order valence-electron chi connectivity index (χ1n) is 11.7. The molecule has 36 heavy (non-hydrogen) atoms. The van der Waals surface area contributed by atoms with Crippen LogP contribution in [0.15, 0.2) is 54.6 Å². The predicted molar refractivity (Wildman–Crippen MR) is 135 cm³/mol. The highest BCUT2D eigenvalue weighted by molar-refractivity contribution is 5.99. The number of anilines is 1. The lowest BCUT2D eigenvalue weighted by Crippen LogP contribution is -2.58. The summed E-state index contributed by atoms with van der Waals surface area (Å²) in [5.41, 5.74) is 6.74. The number of benzene rings is 2. The normalized spacial score (nSPS) is 15.0. The first-order chi connectivity index (χ1) is 17.0. The van der Waals surface area contributed by atoms with E-state index in [1.807, 2.05) is 13.0 Å². The number of carbonyl (C=O) groups is 3. The number of nitrogens with one attached hydrogen (secondary N) is 3. The smallest absolute Gasteiger partial charge is 0.269 e. The van der Waals surface area contributed by atoms with Gasteiger partial charge in [0.05, 0.1) is 11.0 Å². The SMILES string of the molecule is CC[C@H](C)[C@H](NC(=O)[C@H](Cc1ccccc1)NC(=O)[C@@H](N)[C@@H](C)O)C(=O)Nc1ccc([N+](=O)[O-])cc1. The molecule has 0 spiro atoms. The first-order valence-corrected chi connectivity index (χ1v) is 11.7. The number of aliphatic hydroxyl groups is 1. The third-order valence-corrected chi connectivity index (χ3v) is 5.88. The van der Waals surface area contributed by atoms with Crippen molar-refractivity contribution in [3.8, 4) is 0 Å². The van der Waals surface area contributed by atoms with E-state index in [1.54, 1.807) is 31.2 Å². The minimum absolute atomic E-state index is 0.116. The number of nitrogens with two attached hydrogens (primary N) is 1. The van der Waals surface area contributed by atoms with Gasteiger partial charge in [0.2, 0.25) is 17.7 Å². The maximum atomic E-state index is 13.3. The van der Waals surface area contributed by atoms with Crippen LogP contribution in [0.2, 0.25) is 0 Å². The molecule has 0 bridgehead atoms. The Bertz CT molecular complexity index is 1040. The zero-order chi connectivity index (χ0) is 26.8. The van der Waals surface area contributed by atoms with Crippen LogP contribution in [-0.2, 0) is 20.8 Å². The third kappa shape index (κ3) is 8.14. The fraction of sp³-hybridized carbons (Fsp3) is 0.400. The summed E-state index contributed by atoms with van der Waals surface area (Å²) in [5, 5.41) is 28.5. The van der Waals surface area contributed by atoms with Gasteiger partial charge in [-0.15, -0.1) is 0 Å². The van der Waals surface area contributed by atoms with E-state index in [0.29, 0.717) is 12.1 Å². The van der Waals surface area contributed by atoms with Crippen molar-refractivity contribution in [1.82, 2.24) is 10.6 Å². The Morgan fingerprint density at radius 2 is 1.58 bits per heavy atom. The van der Waals surface area contributed by atoms with Gasteiger partial charge in [-0.25, -0.2) is 0 Å². The third-order valence-electron chi connectivity index (χ3n) is 5.88. The molecule has 11 nitrogen and oxygen atoms in total. The summed E-state index contributed by atoms with van der Waals surface area (Å²) in [4.78, 5) is 49.2. The molecule has 0 heterocycles. The van der Waals surface area contributed by atoms with Crippen molar-refractivity contribution in [2.45, 2.75) is 57.8 Å². The summed E-state index contributed by atoms with van der Waals surface area (Å²) in [6, 6.07) is 11.1. The van der Waals surface area contributed by atoms with Crippen LogP contribution in [-0.4, -0.2) is 52.0 Å². The highest BCUT2D eigenvalue weighted by Gasteiger charge is 2.31. The van der Waals surface area contributed by atoms with Gasteiger partial charge in [0, 0.05) is 24.2 Å². The van der Waals surface area contributed by atoms with Gasteiger partial charge in [-0.05, 0) is 30.5 Å². The summed E-state index contributed by atoms with van der Waals surface area (Å²) < 4.78 is 0. The molecule has 0 radical (unpaired) electrons. The van der Waals surface area contributed by atoms with E-state index in [0.717, 1.165) is 5.56 Å². The Morgan fingerprint density at radius 1 is 0.972 bits per heavy atom. The molecular weight excluding hydrogens is 466 g/mol. The summed E-state index contributed by atoms with van der Waals surface area (Å²) in [7, 11) is 0. The number of rotatable bonds is 12. The van der Waals surface area contributed by atoms with E-state index in [2.05, 4.69) is 16.0 Å². The van der Waals surface area contributed by atoms with Crippen molar-refractivity contribution >= 4 is 29.1 Å². The van der Waals surface area contributed by atoms with Gasteiger partial charge in [-0.1, -0.05) is 50.6 Å². The van der Waals surface area contributed by atoms with Crippen LogP contribution in [0.25, 0.3) is 0 Å². The van der Waals surface area contributed by atoms with Crippen LogP contribution in [0.3, 0.4) is 0 Å². The number of hydrogen-bond donors (Lipinski definition) is 5. The number of nitro benzene ring substituents is 1. The zero-order valence-corrected chi connectivity index (χ0v) is 20.5. The van der Waals surface area contributed by atoms with Crippen LogP contribution in [0.1, 0.15) is 32.8 Å². The summed E-state index contributed by atoms with van der Waals surface area (Å²) in [6.45, 7) is 5.04. The van der Waals surface area contributed by atoms with Crippen molar-refractivity contribution in [1.29, 1.82) is 0 Å². The van der Waals surface area contributed by atoms with Gasteiger partial charge in [-0.3, -0.25) is 24.5 Å². The Balaban J connectivity index is 2.22. The summed E-state index contributed by atoms with van der Waals surface area (Å²) in [5.74, 6) is -2.05. The van der Waals surface area contributed by atoms with Crippen molar-refractivity contribution in [2.75, 3.05) is 5.32 Å². The van der Waals surface area contributed by atoms with Crippen molar-refractivity contribution in [2.24, 2.45) is 11.7 Å². The van der Waals surface area contributed by atoms with E-state index in [9.17, 15) is 29.6 Å². The van der Waals surface area contributed by atoms with Crippen LogP contribution >= 0.6 is 0 Å². The number of non-ortho nitro benzene ring substituents is 1. The van der Waals surface area contributed by atoms with Crippen molar-refractivity contribution in [3.63, 3.8) is 0 Å². The number of hydrogen-bond acceptors (Lipinski definition) is 7. The van der Waals surface area contributed by atoms with Gasteiger partial charge < -0.3 is 26.8 Å². The second-order valence-electron chi connectivity index (χ2n) is 8.68. The molecule has 0 fully saturated rings. The van der Waals surface area contributed by atoms with Crippen molar-refractivity contribution in [3.05, 3.63) is 70.3 Å². The second-order valence-corrected chi connectivity index (χ2v) is 8.68. The molecule has 194 valence electrons. The molecule has 0 aliphatic carbocycles. The van der Waals surface area contributed by atoms with Crippen LogP contribution in [0, 0.1) is 16.0 Å². The van der Waals surface area contributed by atoms with Gasteiger partial charge in [0.15, 0.2) is 0 Å². The Hall–Kier alpha value is -3.83. The van der Waals surface area contributed by atoms with Crippen LogP contribution in [0.5, 0.6) is 0 Å². The number of aliphatic hydroxyl groups excluding tert-OH is 1. The molecule has 2 aromatic rings. The van der Waals surface area contributed by atoms with E-state index in [-0.39, 0.29) is 18.0 Å². The van der Waals surface area contributed by atoms with Crippen molar-refractivity contribution < 1.29 is 24.4 Å². The highest BCUT2D eigenvalue weighted by atomic mass is 16.6. The predicted octanol–water partition coefficient (Wildman–Crippen LogP) is 1.50. The molecule has 0 saturated heterocycles. The second kappa shape index (κ2) is 13.3. The fourth-order valence-corrected chi connectivity index (χ4v) is 3.39. The lowest BCUT2D eigenvalue weighted by atomic mass is 9.97. The molecule has 0 aliphatic rings. The molecule has 5 atom stereocenters. The van der Waals surface area contributed by atoms with E-state index >= 15 is 0 Å². The average Bonchev–Trinajstić information content (AvgIpc) is 2.86. The molecule has 6 N–H and O–H groups in total. The molecule has 11 heteroatoms. The summed E-state index contributed by atoms with van der Waals surface area (Å²) >= 11 is 0. The Labute approximate surface area is 209 Å². The molecular formula is C25H33N5O6. The van der Waals surface area contributed by atoms with Crippen LogP contribution < -0.4 is 21.7 Å². The highest BCUT2D eigenvalue weighted by Crippen LogP contribution is 2.17. The fourth-order valence-electron chi connectivity index (χ4n) is 3.39. The molecule has 0 aromatic heterocycles. The van der Waals surface area contributed by atoms with Gasteiger partial charge in [-0.2, -0.15) is 0 Å². The Morgan fingerprint density at radius 3 is 2.11 bits per heavy atom. The number of carbonyl (C=O) groups excluding carboxylic acids is 3. The minimum Gasteiger partial charge on any atom is -0.391 e. The maximum absolute atomic E-state index is 13.3. The average molecular weight is 500 g/mol. The van der Waals surface area contributed by atoms with Crippen LogP contribution in [0.4, 0.5) is 11.4 Å². The maximum Gasteiger partial charge on any atom is 0.269 e. The number of nitrogens with zero attached hydrogens (tertiary/aromatic N) is 1. The topological polar surface area (TPSA) is 177 Å². The Kier molecular flexibility index (Phi) is 10.5. The monoisotopic (exact) mass is 499 g/mol. The molecule has 0 unspecified atom stereocenters. The zero-order valence-electron chi connectivity index (χ0n) is 20.5. The van der Waals surface area contributed by atoms with Gasteiger partial charge >= 0.3 is 0 Å². The molecule has 2 rings (SSSR count). The first kappa shape index (κ1) is 28.4. The summed E-state index contributed by atoms with van der Waals surface area (Å²) in [6.07, 6.45) is -0.408. The van der Waals surface area contributed by atoms with E-state index in [1.165, 1.54) is 31.2 Å². The number of amides is 3. The van der Waals surface area contributed by atoms with E-state index < -0.39 is 46.9 Å². The lowest BCUT2D eigenvalue weighted by Gasteiger charge is -2.27. The largest absolute Gasteiger partial charge is 0.391 e. The molecule has 0 saturated carbocycles. The molecule has 0 aliphatic heterocycles. The van der Waals surface area contributed by atoms with Gasteiger partial charge in [0.1, 0.15) is 18.1 Å². The number of nitro groups is 1. The molecule has 3 amide bonds. The van der Waals surface area contributed by atoms with Gasteiger partial charge in [0.25, 0.3) is 5.69 Å².